The summed E-state index contributed by atoms with van der Waals surface area (Å²) < 4.78 is 5.59. The van der Waals surface area contributed by atoms with Crippen LogP contribution in [0.25, 0.3) is 0 Å². The van der Waals surface area contributed by atoms with Gasteiger partial charge in [-0.25, -0.2) is 0 Å². The van der Waals surface area contributed by atoms with Gasteiger partial charge in [-0.2, -0.15) is 0 Å². The van der Waals surface area contributed by atoms with Crippen LogP contribution in [0.15, 0.2) is 18.2 Å². The Hall–Kier alpha value is -1.26. The molecule has 2 N–H and O–H groups in total. The summed E-state index contributed by atoms with van der Waals surface area (Å²) in [5.74, 6) is 0.654. The van der Waals surface area contributed by atoms with E-state index in [4.69, 9.17) is 21.4 Å². The molecule has 0 fully saturated rings. The Morgan fingerprint density at radius 3 is 3.05 bits per heavy atom. The van der Waals surface area contributed by atoms with Crippen LogP contribution in [0.3, 0.4) is 0 Å². The van der Waals surface area contributed by atoms with Crippen LogP contribution in [0, 0.1) is 0 Å². The molecular formula is C14H18ClNO3. The first-order valence-corrected chi connectivity index (χ1v) is 6.92. The fraction of sp³-hybridized carbons (Fsp3) is 0.500. The normalized spacial score (nSPS) is 16.8. The molecule has 1 unspecified atom stereocenters. The molecule has 0 aromatic heterocycles. The van der Waals surface area contributed by atoms with E-state index in [1.165, 1.54) is 0 Å². The van der Waals surface area contributed by atoms with E-state index >= 15 is 0 Å². The Morgan fingerprint density at radius 2 is 2.26 bits per heavy atom. The van der Waals surface area contributed by atoms with Gasteiger partial charge < -0.3 is 15.2 Å². The van der Waals surface area contributed by atoms with E-state index in [0.717, 1.165) is 30.6 Å². The number of hydrogen-bond donors (Lipinski definition) is 2. The van der Waals surface area contributed by atoms with Gasteiger partial charge in [0.15, 0.2) is 6.10 Å². The molecule has 5 heteroatoms. The average Bonchev–Trinajstić information content (AvgIpc) is 2.81. The number of amides is 1. The van der Waals surface area contributed by atoms with Crippen molar-refractivity contribution < 1.29 is 14.6 Å². The highest BCUT2D eigenvalue weighted by Crippen LogP contribution is 2.31. The summed E-state index contributed by atoms with van der Waals surface area (Å²) in [6, 6.07) is 5.40. The summed E-state index contributed by atoms with van der Waals surface area (Å²) in [7, 11) is 0. The molecule has 1 heterocycles. The number of fused-ring (bicyclic) bond motifs is 1. The first-order chi connectivity index (χ1) is 9.20. The molecule has 4 nitrogen and oxygen atoms in total. The molecule has 1 aliphatic rings. The minimum atomic E-state index is -0.452. The van der Waals surface area contributed by atoms with Gasteiger partial charge in [-0.1, -0.05) is 11.6 Å². The molecule has 2 rings (SSSR count). The number of halogens is 1. The van der Waals surface area contributed by atoms with Crippen LogP contribution in [0.2, 0.25) is 5.02 Å². The van der Waals surface area contributed by atoms with E-state index in [9.17, 15) is 4.79 Å². The lowest BCUT2D eigenvalue weighted by molar-refractivity contribution is -0.127. The quantitative estimate of drug-likeness (QED) is 0.784. The second-order valence-electron chi connectivity index (χ2n) is 4.64. The summed E-state index contributed by atoms with van der Waals surface area (Å²) >= 11 is 5.91. The Kier molecular flexibility index (Phi) is 5.05. The number of unbranched alkanes of at least 4 members (excludes halogenated alkanes) is 2. The zero-order valence-electron chi connectivity index (χ0n) is 10.7. The summed E-state index contributed by atoms with van der Waals surface area (Å²) in [6.07, 6.45) is 2.68. The van der Waals surface area contributed by atoms with E-state index in [1.807, 2.05) is 6.07 Å². The molecule has 19 heavy (non-hydrogen) atoms. The van der Waals surface area contributed by atoms with Gasteiger partial charge in [0.25, 0.3) is 5.91 Å². The summed E-state index contributed by atoms with van der Waals surface area (Å²) in [5, 5.41) is 12.2. The molecule has 0 bridgehead atoms. The van der Waals surface area contributed by atoms with Crippen molar-refractivity contribution in [2.75, 3.05) is 13.2 Å². The maximum atomic E-state index is 11.9. The third-order valence-electron chi connectivity index (χ3n) is 3.12. The van der Waals surface area contributed by atoms with Crippen molar-refractivity contribution in [3.05, 3.63) is 28.8 Å². The maximum Gasteiger partial charge on any atom is 0.261 e. The first-order valence-electron chi connectivity index (χ1n) is 6.54. The number of aliphatic hydroxyl groups excluding tert-OH is 1. The molecule has 1 atom stereocenters. The van der Waals surface area contributed by atoms with Crippen molar-refractivity contribution in [2.24, 2.45) is 0 Å². The third-order valence-corrected chi connectivity index (χ3v) is 3.36. The monoisotopic (exact) mass is 283 g/mol. The number of ether oxygens (including phenoxy) is 1. The van der Waals surface area contributed by atoms with Crippen molar-refractivity contribution in [2.45, 2.75) is 31.8 Å². The number of rotatable bonds is 6. The number of aliphatic hydroxyl groups is 1. The fourth-order valence-electron chi connectivity index (χ4n) is 2.10. The van der Waals surface area contributed by atoms with Gasteiger partial charge in [0.1, 0.15) is 5.75 Å². The van der Waals surface area contributed by atoms with Crippen molar-refractivity contribution in [3.63, 3.8) is 0 Å². The second-order valence-corrected chi connectivity index (χ2v) is 5.07. The van der Waals surface area contributed by atoms with Crippen molar-refractivity contribution in [1.29, 1.82) is 0 Å². The standard InChI is InChI=1S/C14H18ClNO3/c15-11-4-5-12-10(8-11)9-13(19-12)14(18)16-6-2-1-3-7-17/h4-5,8,13,17H,1-3,6-7,9H2,(H,16,18). The summed E-state index contributed by atoms with van der Waals surface area (Å²) in [5.41, 5.74) is 0.980. The third kappa shape index (κ3) is 3.85. The first kappa shape index (κ1) is 14.2. The molecule has 1 amide bonds. The highest BCUT2D eigenvalue weighted by molar-refractivity contribution is 6.30. The van der Waals surface area contributed by atoms with Gasteiger partial charge in [0.2, 0.25) is 0 Å². The van der Waals surface area contributed by atoms with Crippen LogP contribution in [-0.4, -0.2) is 30.3 Å². The van der Waals surface area contributed by atoms with Crippen LogP contribution in [0.4, 0.5) is 0 Å². The number of carbonyl (C=O) groups excluding carboxylic acids is 1. The van der Waals surface area contributed by atoms with Crippen LogP contribution in [0.1, 0.15) is 24.8 Å². The minimum Gasteiger partial charge on any atom is -0.480 e. The van der Waals surface area contributed by atoms with Gasteiger partial charge in [-0.05, 0) is 43.0 Å². The van der Waals surface area contributed by atoms with Crippen LogP contribution >= 0.6 is 11.6 Å². The molecule has 0 aliphatic carbocycles. The Bertz CT molecular complexity index is 450. The van der Waals surface area contributed by atoms with E-state index < -0.39 is 6.10 Å². The lowest BCUT2D eigenvalue weighted by atomic mass is 10.1. The second kappa shape index (κ2) is 6.78. The molecule has 0 spiro atoms. The predicted molar refractivity (Wildman–Crippen MR) is 73.5 cm³/mol. The zero-order chi connectivity index (χ0) is 13.7. The SMILES string of the molecule is O=C(NCCCCCO)C1Cc2cc(Cl)ccc2O1. The Morgan fingerprint density at radius 1 is 1.42 bits per heavy atom. The molecular weight excluding hydrogens is 266 g/mol. The molecule has 1 aromatic carbocycles. The topological polar surface area (TPSA) is 58.6 Å². The minimum absolute atomic E-state index is 0.0867. The van der Waals surface area contributed by atoms with Gasteiger partial charge in [0.05, 0.1) is 0 Å². The van der Waals surface area contributed by atoms with Crippen molar-refractivity contribution >= 4 is 17.5 Å². The van der Waals surface area contributed by atoms with E-state index in [1.54, 1.807) is 12.1 Å². The summed E-state index contributed by atoms with van der Waals surface area (Å²) in [6.45, 7) is 0.825. The van der Waals surface area contributed by atoms with Crippen LogP contribution in [-0.2, 0) is 11.2 Å². The number of nitrogens with one attached hydrogen (secondary N) is 1. The molecule has 104 valence electrons. The number of carbonyl (C=O) groups is 1. The van der Waals surface area contributed by atoms with E-state index in [2.05, 4.69) is 5.32 Å². The van der Waals surface area contributed by atoms with E-state index in [-0.39, 0.29) is 12.5 Å². The highest BCUT2D eigenvalue weighted by atomic mass is 35.5. The smallest absolute Gasteiger partial charge is 0.261 e. The van der Waals surface area contributed by atoms with Gasteiger partial charge >= 0.3 is 0 Å². The largest absolute Gasteiger partial charge is 0.480 e. The molecule has 0 saturated heterocycles. The highest BCUT2D eigenvalue weighted by Gasteiger charge is 2.28. The molecule has 1 aliphatic heterocycles. The van der Waals surface area contributed by atoms with Crippen molar-refractivity contribution in [1.82, 2.24) is 5.32 Å². The van der Waals surface area contributed by atoms with Crippen molar-refractivity contribution in [3.8, 4) is 5.75 Å². The fourth-order valence-corrected chi connectivity index (χ4v) is 2.30. The maximum absolute atomic E-state index is 11.9. The Labute approximate surface area is 117 Å². The zero-order valence-corrected chi connectivity index (χ0v) is 11.4. The lowest BCUT2D eigenvalue weighted by Crippen LogP contribution is -2.37. The van der Waals surface area contributed by atoms with Crippen LogP contribution < -0.4 is 10.1 Å². The number of benzene rings is 1. The average molecular weight is 284 g/mol. The molecule has 1 aromatic rings. The van der Waals surface area contributed by atoms with Gasteiger partial charge in [-0.3, -0.25) is 4.79 Å². The van der Waals surface area contributed by atoms with E-state index in [0.29, 0.717) is 18.0 Å². The predicted octanol–water partition coefficient (Wildman–Crippen LogP) is 1.92. The molecule has 0 radical (unpaired) electrons. The van der Waals surface area contributed by atoms with Gasteiger partial charge in [-0.15, -0.1) is 0 Å². The summed E-state index contributed by atoms with van der Waals surface area (Å²) in [4.78, 5) is 11.9. The number of hydrogen-bond acceptors (Lipinski definition) is 3. The van der Waals surface area contributed by atoms with Gasteiger partial charge in [0, 0.05) is 24.6 Å². The lowest BCUT2D eigenvalue weighted by Gasteiger charge is -2.11. The molecule has 0 saturated carbocycles. The Balaban J connectivity index is 1.77. The van der Waals surface area contributed by atoms with Crippen LogP contribution in [0.5, 0.6) is 5.75 Å².